The maximum Gasteiger partial charge on any atom is 0.203 e. The molecule has 1 aliphatic heterocycles. The van der Waals surface area contributed by atoms with Crippen molar-refractivity contribution in [3.05, 3.63) is 10.1 Å². The zero-order valence-electron chi connectivity index (χ0n) is 8.07. The molecule has 1 fully saturated rings. The molecule has 0 bridgehead atoms. The Kier molecular flexibility index (Phi) is 4.75. The second-order valence-corrected chi connectivity index (χ2v) is 3.67. The first kappa shape index (κ1) is 10.4. The first-order chi connectivity index (χ1) is 6.29. The highest BCUT2D eigenvalue weighted by Gasteiger charge is 2.09. The first-order valence-electron chi connectivity index (χ1n) is 5.13. The lowest BCUT2D eigenvalue weighted by atomic mass is 10.1. The Morgan fingerprint density at radius 3 is 2.46 bits per heavy atom. The van der Waals surface area contributed by atoms with Crippen LogP contribution in [0.1, 0.15) is 32.1 Å². The summed E-state index contributed by atoms with van der Waals surface area (Å²) in [6.45, 7) is 3.57. The van der Waals surface area contributed by atoms with Crippen molar-refractivity contribution in [2.45, 2.75) is 32.1 Å². The lowest BCUT2D eigenvalue weighted by Crippen LogP contribution is -2.30. The molecular weight excluding hydrogens is 168 g/mol. The number of piperidine rings is 1. The number of hydrogen-bond acceptors (Lipinski definition) is 3. The van der Waals surface area contributed by atoms with E-state index < -0.39 is 0 Å². The van der Waals surface area contributed by atoms with Crippen LogP contribution < -0.4 is 0 Å². The molecule has 0 radical (unpaired) electrons. The summed E-state index contributed by atoms with van der Waals surface area (Å²) in [6, 6.07) is 0. The van der Waals surface area contributed by atoms with Crippen molar-refractivity contribution >= 4 is 0 Å². The van der Waals surface area contributed by atoms with Gasteiger partial charge in [0.05, 0.1) is 0 Å². The molecule has 4 heteroatoms. The van der Waals surface area contributed by atoms with Gasteiger partial charge in [-0.1, -0.05) is 6.42 Å². The van der Waals surface area contributed by atoms with Crippen LogP contribution in [0.3, 0.4) is 0 Å². The second-order valence-electron chi connectivity index (χ2n) is 3.67. The fourth-order valence-electron chi connectivity index (χ4n) is 1.76. The predicted octanol–water partition coefficient (Wildman–Crippen LogP) is 1.53. The molecule has 76 valence electrons. The molecule has 0 saturated carbocycles. The minimum atomic E-state index is -0.226. The molecule has 0 amide bonds. The van der Waals surface area contributed by atoms with Gasteiger partial charge < -0.3 is 4.90 Å². The molecule has 0 unspecified atom stereocenters. The Balaban J connectivity index is 1.95. The standard InChI is InChI=1S/C9H18N2O2/c12-11(13)9-5-4-8-10-6-2-1-3-7-10/h1-9H2. The average molecular weight is 186 g/mol. The van der Waals surface area contributed by atoms with Gasteiger partial charge in [0.25, 0.3) is 0 Å². The van der Waals surface area contributed by atoms with Crippen LogP contribution in [0.2, 0.25) is 0 Å². The third-order valence-corrected chi connectivity index (χ3v) is 2.51. The average Bonchev–Trinajstić information content (AvgIpc) is 2.14. The maximum absolute atomic E-state index is 10.0. The Bertz CT molecular complexity index is 156. The highest BCUT2D eigenvalue weighted by atomic mass is 16.6. The SMILES string of the molecule is O=[N+]([O-])CCCCN1CCCCC1. The van der Waals surface area contributed by atoms with E-state index in [1.165, 1.54) is 32.4 Å². The topological polar surface area (TPSA) is 46.4 Å². The number of rotatable bonds is 5. The largest absolute Gasteiger partial charge is 0.303 e. The summed E-state index contributed by atoms with van der Waals surface area (Å²) in [4.78, 5) is 12.2. The zero-order chi connectivity index (χ0) is 9.52. The lowest BCUT2D eigenvalue weighted by Gasteiger charge is -2.25. The molecule has 0 N–H and O–H groups in total. The van der Waals surface area contributed by atoms with Gasteiger partial charge in [-0.3, -0.25) is 10.1 Å². The van der Waals surface area contributed by atoms with Crippen LogP contribution in [-0.4, -0.2) is 36.0 Å². The fraction of sp³-hybridized carbons (Fsp3) is 1.00. The van der Waals surface area contributed by atoms with Gasteiger partial charge in [0.2, 0.25) is 6.54 Å². The summed E-state index contributed by atoms with van der Waals surface area (Å²) in [7, 11) is 0. The molecule has 1 rings (SSSR count). The van der Waals surface area contributed by atoms with Crippen LogP contribution in [0, 0.1) is 10.1 Å². The molecule has 1 aliphatic rings. The van der Waals surface area contributed by atoms with E-state index in [1.807, 2.05) is 0 Å². The molecular formula is C9H18N2O2. The second kappa shape index (κ2) is 5.91. The zero-order valence-corrected chi connectivity index (χ0v) is 8.07. The molecule has 0 aliphatic carbocycles. The molecule has 0 aromatic carbocycles. The third-order valence-electron chi connectivity index (χ3n) is 2.51. The fourth-order valence-corrected chi connectivity index (χ4v) is 1.76. The maximum atomic E-state index is 10.0. The quantitative estimate of drug-likeness (QED) is 0.371. The van der Waals surface area contributed by atoms with Gasteiger partial charge in [0.1, 0.15) is 0 Å². The molecule has 0 aromatic heterocycles. The molecule has 0 spiro atoms. The third kappa shape index (κ3) is 4.83. The van der Waals surface area contributed by atoms with Crippen molar-refractivity contribution in [1.82, 2.24) is 4.90 Å². The summed E-state index contributed by atoms with van der Waals surface area (Å²) in [5.74, 6) is 0. The number of unbranched alkanes of at least 4 members (excludes halogenated alkanes) is 1. The van der Waals surface area contributed by atoms with Crippen LogP contribution in [-0.2, 0) is 0 Å². The predicted molar refractivity (Wildman–Crippen MR) is 51.4 cm³/mol. The smallest absolute Gasteiger partial charge is 0.203 e. The van der Waals surface area contributed by atoms with E-state index in [0.717, 1.165) is 19.4 Å². The van der Waals surface area contributed by atoms with Crippen LogP contribution in [0.15, 0.2) is 0 Å². The van der Waals surface area contributed by atoms with E-state index in [9.17, 15) is 10.1 Å². The van der Waals surface area contributed by atoms with Crippen LogP contribution in [0.25, 0.3) is 0 Å². The summed E-state index contributed by atoms with van der Waals surface area (Å²) in [5.41, 5.74) is 0. The van der Waals surface area contributed by atoms with Gasteiger partial charge in [-0.2, -0.15) is 0 Å². The van der Waals surface area contributed by atoms with E-state index in [-0.39, 0.29) is 11.5 Å². The Morgan fingerprint density at radius 2 is 1.85 bits per heavy atom. The van der Waals surface area contributed by atoms with E-state index >= 15 is 0 Å². The van der Waals surface area contributed by atoms with E-state index in [1.54, 1.807) is 0 Å². The van der Waals surface area contributed by atoms with Crippen molar-refractivity contribution in [3.63, 3.8) is 0 Å². The van der Waals surface area contributed by atoms with Crippen LogP contribution in [0.4, 0.5) is 0 Å². The van der Waals surface area contributed by atoms with Gasteiger partial charge in [0.15, 0.2) is 0 Å². The van der Waals surface area contributed by atoms with Crippen molar-refractivity contribution in [1.29, 1.82) is 0 Å². The lowest BCUT2D eigenvalue weighted by molar-refractivity contribution is -0.480. The summed E-state index contributed by atoms with van der Waals surface area (Å²) in [5, 5.41) is 10.0. The Labute approximate surface area is 79.1 Å². The summed E-state index contributed by atoms with van der Waals surface area (Å²) >= 11 is 0. The van der Waals surface area contributed by atoms with E-state index in [2.05, 4.69) is 4.90 Å². The highest BCUT2D eigenvalue weighted by molar-refractivity contribution is 4.63. The van der Waals surface area contributed by atoms with E-state index in [4.69, 9.17) is 0 Å². The minimum absolute atomic E-state index is 0.133. The molecule has 0 aromatic rings. The first-order valence-corrected chi connectivity index (χ1v) is 5.13. The monoisotopic (exact) mass is 186 g/mol. The van der Waals surface area contributed by atoms with Gasteiger partial charge in [0, 0.05) is 11.3 Å². The molecule has 4 nitrogen and oxygen atoms in total. The number of hydrogen-bond donors (Lipinski definition) is 0. The molecule has 1 heterocycles. The van der Waals surface area contributed by atoms with Crippen molar-refractivity contribution in [2.24, 2.45) is 0 Å². The van der Waals surface area contributed by atoms with Crippen LogP contribution >= 0.6 is 0 Å². The number of nitro groups is 1. The highest BCUT2D eigenvalue weighted by Crippen LogP contribution is 2.09. The van der Waals surface area contributed by atoms with Crippen molar-refractivity contribution in [2.75, 3.05) is 26.2 Å². The molecule has 0 atom stereocenters. The van der Waals surface area contributed by atoms with Gasteiger partial charge in [-0.25, -0.2) is 0 Å². The van der Waals surface area contributed by atoms with E-state index in [0.29, 0.717) is 0 Å². The molecule has 1 saturated heterocycles. The van der Waals surface area contributed by atoms with Gasteiger partial charge in [-0.05, 0) is 38.9 Å². The number of nitrogens with zero attached hydrogens (tertiary/aromatic N) is 2. The Hall–Kier alpha value is -0.640. The summed E-state index contributed by atoms with van der Waals surface area (Å²) in [6.07, 6.45) is 5.65. The summed E-state index contributed by atoms with van der Waals surface area (Å²) < 4.78 is 0. The normalized spacial score (nSPS) is 18.8. The Morgan fingerprint density at radius 1 is 1.15 bits per heavy atom. The van der Waals surface area contributed by atoms with Crippen molar-refractivity contribution < 1.29 is 4.92 Å². The molecule has 13 heavy (non-hydrogen) atoms. The number of likely N-dealkylation sites (tertiary alicyclic amines) is 1. The van der Waals surface area contributed by atoms with Crippen LogP contribution in [0.5, 0.6) is 0 Å². The van der Waals surface area contributed by atoms with Gasteiger partial charge in [-0.15, -0.1) is 0 Å². The van der Waals surface area contributed by atoms with Crippen molar-refractivity contribution in [3.8, 4) is 0 Å². The van der Waals surface area contributed by atoms with Gasteiger partial charge >= 0.3 is 0 Å². The minimum Gasteiger partial charge on any atom is -0.303 e.